The van der Waals surface area contributed by atoms with Crippen LogP contribution in [0.4, 0.5) is 5.69 Å². The van der Waals surface area contributed by atoms with Crippen LogP contribution in [0, 0.1) is 0 Å². The van der Waals surface area contributed by atoms with Gasteiger partial charge in [-0.1, -0.05) is 55.5 Å². The second-order valence-corrected chi connectivity index (χ2v) is 9.67. The molecular formula is C22H27N3O4S. The molecule has 1 aliphatic heterocycles. The van der Waals surface area contributed by atoms with Crippen molar-refractivity contribution in [3.63, 3.8) is 0 Å². The molecule has 1 atom stereocenters. The van der Waals surface area contributed by atoms with Crippen LogP contribution in [0.2, 0.25) is 0 Å². The van der Waals surface area contributed by atoms with Crippen molar-refractivity contribution < 1.29 is 18.0 Å². The molecule has 0 bridgehead atoms. The summed E-state index contributed by atoms with van der Waals surface area (Å²) in [4.78, 5) is 28.0. The second kappa shape index (κ2) is 8.57. The number of hydrogen-bond acceptors (Lipinski definition) is 4. The fourth-order valence-electron chi connectivity index (χ4n) is 3.77. The van der Waals surface area contributed by atoms with Crippen LogP contribution in [-0.2, 0) is 32.6 Å². The van der Waals surface area contributed by atoms with Crippen LogP contribution in [0.3, 0.4) is 0 Å². The lowest BCUT2D eigenvalue weighted by Crippen LogP contribution is -2.70. The van der Waals surface area contributed by atoms with E-state index in [1.807, 2.05) is 55.5 Å². The fourth-order valence-corrected chi connectivity index (χ4v) is 4.60. The third kappa shape index (κ3) is 4.39. The number of hydrogen-bond donors (Lipinski definition) is 1. The van der Waals surface area contributed by atoms with Crippen LogP contribution in [0.25, 0.3) is 0 Å². The summed E-state index contributed by atoms with van der Waals surface area (Å²) in [6.07, 6.45) is 1.73. The van der Waals surface area contributed by atoms with E-state index in [9.17, 15) is 18.0 Å². The van der Waals surface area contributed by atoms with Crippen LogP contribution in [0.5, 0.6) is 0 Å². The first-order valence-electron chi connectivity index (χ1n) is 9.85. The fraction of sp³-hybridized carbons (Fsp3) is 0.364. The van der Waals surface area contributed by atoms with Gasteiger partial charge < -0.3 is 5.32 Å². The number of piperazine rings is 1. The summed E-state index contributed by atoms with van der Waals surface area (Å²) in [5, 5.41) is 2.88. The van der Waals surface area contributed by atoms with Crippen molar-refractivity contribution in [3.8, 4) is 0 Å². The minimum absolute atomic E-state index is 0.115. The van der Waals surface area contributed by atoms with E-state index in [2.05, 4.69) is 5.32 Å². The zero-order valence-electron chi connectivity index (χ0n) is 17.5. The Morgan fingerprint density at radius 3 is 2.37 bits per heavy atom. The van der Waals surface area contributed by atoms with Gasteiger partial charge >= 0.3 is 0 Å². The van der Waals surface area contributed by atoms with Gasteiger partial charge in [-0.05, 0) is 30.5 Å². The summed E-state index contributed by atoms with van der Waals surface area (Å²) in [6.45, 7) is 3.47. The summed E-state index contributed by atoms with van der Waals surface area (Å²) >= 11 is 0. The molecule has 0 spiro atoms. The van der Waals surface area contributed by atoms with Crippen LogP contribution < -0.4 is 10.2 Å². The molecule has 0 aliphatic carbocycles. The molecular weight excluding hydrogens is 402 g/mol. The summed E-state index contributed by atoms with van der Waals surface area (Å²) in [5.41, 5.74) is 1.08. The number of sulfonamides is 1. The largest absolute Gasteiger partial charge is 0.350 e. The maximum atomic E-state index is 13.4. The first-order valence-corrected chi connectivity index (χ1v) is 11.7. The second-order valence-electron chi connectivity index (χ2n) is 7.68. The number of carbonyl (C=O) groups excluding carboxylic acids is 2. The quantitative estimate of drug-likeness (QED) is 0.760. The van der Waals surface area contributed by atoms with Gasteiger partial charge in [0, 0.05) is 18.8 Å². The van der Waals surface area contributed by atoms with E-state index in [1.165, 1.54) is 4.90 Å². The standard InChI is InChI=1S/C22H27N3O4S/c1-4-18-12-8-9-13-19(18)25-20(26)15-24(30(3,28)29)16-22(25,2)21(27)23-14-17-10-6-5-7-11-17/h5-13H,4,14-16H2,1-3H3,(H,23,27)/t22-/m0/s1. The van der Waals surface area contributed by atoms with Crippen molar-refractivity contribution in [1.29, 1.82) is 0 Å². The van der Waals surface area contributed by atoms with Gasteiger partial charge in [0.15, 0.2) is 0 Å². The molecule has 0 radical (unpaired) electrons. The highest BCUT2D eigenvalue weighted by atomic mass is 32.2. The molecule has 0 unspecified atom stereocenters. The maximum absolute atomic E-state index is 13.4. The Hall–Kier alpha value is -2.71. The highest BCUT2D eigenvalue weighted by Gasteiger charge is 2.50. The van der Waals surface area contributed by atoms with Gasteiger partial charge in [-0.15, -0.1) is 0 Å². The Balaban J connectivity index is 2.00. The maximum Gasteiger partial charge on any atom is 0.247 e. The van der Waals surface area contributed by atoms with Crippen molar-refractivity contribution in [1.82, 2.24) is 9.62 Å². The van der Waals surface area contributed by atoms with Gasteiger partial charge in [0.05, 0.1) is 12.8 Å². The first-order chi connectivity index (χ1) is 14.2. The van der Waals surface area contributed by atoms with E-state index < -0.39 is 27.4 Å². The lowest BCUT2D eigenvalue weighted by molar-refractivity contribution is -0.133. The van der Waals surface area contributed by atoms with E-state index in [1.54, 1.807) is 13.0 Å². The van der Waals surface area contributed by atoms with Gasteiger partial charge in [-0.3, -0.25) is 14.5 Å². The highest BCUT2D eigenvalue weighted by Crippen LogP contribution is 2.33. The normalized spacial score (nSPS) is 20.2. The smallest absolute Gasteiger partial charge is 0.247 e. The molecule has 1 aliphatic rings. The predicted octanol–water partition coefficient (Wildman–Crippen LogP) is 1.93. The van der Waals surface area contributed by atoms with Crippen molar-refractivity contribution in [2.45, 2.75) is 32.4 Å². The molecule has 2 aromatic carbocycles. The van der Waals surface area contributed by atoms with Gasteiger partial charge in [0.2, 0.25) is 21.8 Å². The number of carbonyl (C=O) groups is 2. The molecule has 30 heavy (non-hydrogen) atoms. The molecule has 0 saturated carbocycles. The summed E-state index contributed by atoms with van der Waals surface area (Å²) in [6, 6.07) is 16.8. The Morgan fingerprint density at radius 1 is 1.10 bits per heavy atom. The molecule has 0 aromatic heterocycles. The van der Waals surface area contributed by atoms with Crippen molar-refractivity contribution in [3.05, 3.63) is 65.7 Å². The molecule has 1 fully saturated rings. The Bertz CT molecular complexity index is 1040. The van der Waals surface area contributed by atoms with E-state index in [0.717, 1.165) is 21.7 Å². The molecule has 1 N–H and O–H groups in total. The minimum Gasteiger partial charge on any atom is -0.350 e. The summed E-state index contributed by atoms with van der Waals surface area (Å²) < 4.78 is 25.5. The molecule has 7 nitrogen and oxygen atoms in total. The summed E-state index contributed by atoms with van der Waals surface area (Å²) in [5.74, 6) is -0.830. The molecule has 8 heteroatoms. The van der Waals surface area contributed by atoms with Crippen LogP contribution in [0.15, 0.2) is 54.6 Å². The zero-order chi connectivity index (χ0) is 21.9. The van der Waals surface area contributed by atoms with Crippen molar-refractivity contribution in [2.75, 3.05) is 24.2 Å². The monoisotopic (exact) mass is 429 g/mol. The van der Waals surface area contributed by atoms with Gasteiger partial charge in [-0.2, -0.15) is 4.31 Å². The predicted molar refractivity (Wildman–Crippen MR) is 116 cm³/mol. The van der Waals surface area contributed by atoms with E-state index in [0.29, 0.717) is 12.1 Å². The van der Waals surface area contributed by atoms with Gasteiger partial charge in [0.25, 0.3) is 0 Å². The third-order valence-corrected chi connectivity index (χ3v) is 6.60. The molecule has 1 heterocycles. The lowest BCUT2D eigenvalue weighted by Gasteiger charge is -2.47. The average molecular weight is 430 g/mol. The van der Waals surface area contributed by atoms with Crippen molar-refractivity contribution >= 4 is 27.5 Å². The number of nitrogens with zero attached hydrogens (tertiary/aromatic N) is 2. The number of amides is 2. The molecule has 2 amide bonds. The molecule has 2 aromatic rings. The Labute approximate surface area is 177 Å². The zero-order valence-corrected chi connectivity index (χ0v) is 18.3. The van der Waals surface area contributed by atoms with Gasteiger partial charge in [0.1, 0.15) is 5.54 Å². The number of aryl methyl sites for hydroxylation is 1. The Morgan fingerprint density at radius 2 is 1.73 bits per heavy atom. The number of benzene rings is 2. The highest BCUT2D eigenvalue weighted by molar-refractivity contribution is 7.88. The summed E-state index contributed by atoms with van der Waals surface area (Å²) in [7, 11) is -3.65. The molecule has 160 valence electrons. The SMILES string of the molecule is CCc1ccccc1N1C(=O)CN(S(C)(=O)=O)C[C@@]1(C)C(=O)NCc1ccccc1. The number of nitrogens with one attached hydrogen (secondary N) is 1. The number of anilines is 1. The third-order valence-electron chi connectivity index (χ3n) is 5.41. The van der Waals surface area contributed by atoms with Crippen LogP contribution in [-0.4, -0.2) is 49.4 Å². The number of para-hydroxylation sites is 1. The number of rotatable bonds is 6. The first kappa shape index (κ1) is 22.0. The topological polar surface area (TPSA) is 86.8 Å². The van der Waals surface area contributed by atoms with E-state index in [4.69, 9.17) is 0 Å². The van der Waals surface area contributed by atoms with E-state index in [-0.39, 0.29) is 19.6 Å². The van der Waals surface area contributed by atoms with Crippen LogP contribution >= 0.6 is 0 Å². The van der Waals surface area contributed by atoms with Crippen molar-refractivity contribution in [2.24, 2.45) is 0 Å². The molecule has 1 saturated heterocycles. The van der Waals surface area contributed by atoms with E-state index >= 15 is 0 Å². The average Bonchev–Trinajstić information content (AvgIpc) is 2.72. The van der Waals surface area contributed by atoms with Gasteiger partial charge in [-0.25, -0.2) is 8.42 Å². The Kier molecular flexibility index (Phi) is 6.28. The van der Waals surface area contributed by atoms with Crippen LogP contribution in [0.1, 0.15) is 25.0 Å². The lowest BCUT2D eigenvalue weighted by atomic mass is 9.93. The molecule has 3 rings (SSSR count). The minimum atomic E-state index is -3.65.